The van der Waals surface area contributed by atoms with Crippen molar-refractivity contribution in [3.8, 4) is 11.5 Å². The largest absolute Gasteiger partial charge is 0.493 e. The van der Waals surface area contributed by atoms with Crippen molar-refractivity contribution in [2.75, 3.05) is 20.8 Å². The van der Waals surface area contributed by atoms with E-state index in [1.165, 1.54) is 0 Å². The van der Waals surface area contributed by atoms with Gasteiger partial charge in [0, 0.05) is 6.54 Å². The molecule has 19 heavy (non-hydrogen) atoms. The van der Waals surface area contributed by atoms with E-state index in [2.05, 4.69) is 5.32 Å². The highest BCUT2D eigenvalue weighted by Gasteiger charge is 2.18. The summed E-state index contributed by atoms with van der Waals surface area (Å²) in [6.45, 7) is 4.47. The predicted molar refractivity (Wildman–Crippen MR) is 72.5 cm³/mol. The van der Waals surface area contributed by atoms with E-state index in [9.17, 15) is 4.79 Å². The van der Waals surface area contributed by atoms with Gasteiger partial charge < -0.3 is 19.5 Å². The highest BCUT2D eigenvalue weighted by Crippen LogP contribution is 2.29. The number of hydrogen-bond acceptors (Lipinski definition) is 5. The lowest BCUT2D eigenvalue weighted by molar-refractivity contribution is -0.150. The van der Waals surface area contributed by atoms with Gasteiger partial charge >= 0.3 is 5.97 Å². The average Bonchev–Trinajstić information content (AvgIpc) is 2.39. The number of ether oxygens (including phenoxy) is 3. The Labute approximate surface area is 113 Å². The van der Waals surface area contributed by atoms with Crippen LogP contribution in [0.3, 0.4) is 0 Å². The molecule has 1 aromatic rings. The Morgan fingerprint density at radius 2 is 2.11 bits per heavy atom. The van der Waals surface area contributed by atoms with Crippen molar-refractivity contribution in [1.29, 1.82) is 0 Å². The van der Waals surface area contributed by atoms with Crippen molar-refractivity contribution in [2.45, 2.75) is 26.5 Å². The maximum Gasteiger partial charge on any atom is 0.347 e. The summed E-state index contributed by atoms with van der Waals surface area (Å²) in [5.41, 5.74) is 1.05. The lowest BCUT2D eigenvalue weighted by Crippen LogP contribution is -2.26. The highest BCUT2D eigenvalue weighted by atomic mass is 16.6. The SMILES string of the molecule is CCOC(=O)C(C)Oc1cc(CNC)ccc1OC. The molecule has 5 heteroatoms. The van der Waals surface area contributed by atoms with Crippen LogP contribution in [0, 0.1) is 0 Å². The third-order valence-electron chi connectivity index (χ3n) is 2.53. The normalized spacial score (nSPS) is 11.8. The smallest absolute Gasteiger partial charge is 0.347 e. The topological polar surface area (TPSA) is 56.8 Å². The molecule has 1 aromatic carbocycles. The lowest BCUT2D eigenvalue weighted by Gasteiger charge is -2.16. The molecule has 1 rings (SSSR count). The van der Waals surface area contributed by atoms with Gasteiger partial charge in [-0.3, -0.25) is 0 Å². The minimum absolute atomic E-state index is 0.337. The molecule has 1 unspecified atom stereocenters. The van der Waals surface area contributed by atoms with E-state index in [0.717, 1.165) is 5.56 Å². The van der Waals surface area contributed by atoms with Gasteiger partial charge in [-0.15, -0.1) is 0 Å². The van der Waals surface area contributed by atoms with Crippen LogP contribution >= 0.6 is 0 Å². The number of benzene rings is 1. The molecule has 0 aliphatic rings. The molecule has 0 spiro atoms. The van der Waals surface area contributed by atoms with Gasteiger partial charge in [0.2, 0.25) is 0 Å². The van der Waals surface area contributed by atoms with Crippen LogP contribution in [0.1, 0.15) is 19.4 Å². The van der Waals surface area contributed by atoms with Gasteiger partial charge in [0.05, 0.1) is 13.7 Å². The zero-order chi connectivity index (χ0) is 14.3. The summed E-state index contributed by atoms with van der Waals surface area (Å²) in [5, 5.41) is 3.06. The number of carbonyl (C=O) groups is 1. The van der Waals surface area contributed by atoms with Crippen molar-refractivity contribution in [3.63, 3.8) is 0 Å². The number of methoxy groups -OCH3 is 1. The number of hydrogen-bond donors (Lipinski definition) is 1. The summed E-state index contributed by atoms with van der Waals surface area (Å²) in [6.07, 6.45) is -0.668. The van der Waals surface area contributed by atoms with Crippen LogP contribution in [0.15, 0.2) is 18.2 Å². The second kappa shape index (κ2) is 7.63. The zero-order valence-electron chi connectivity index (χ0n) is 11.9. The summed E-state index contributed by atoms with van der Waals surface area (Å²) in [5.74, 6) is 0.746. The number of rotatable bonds is 7. The molecule has 106 valence electrons. The van der Waals surface area contributed by atoms with Gasteiger partial charge in [-0.1, -0.05) is 6.07 Å². The van der Waals surface area contributed by atoms with Gasteiger partial charge in [-0.05, 0) is 38.6 Å². The van der Waals surface area contributed by atoms with E-state index in [1.54, 1.807) is 21.0 Å². The van der Waals surface area contributed by atoms with Gasteiger partial charge in [-0.25, -0.2) is 4.79 Å². The van der Waals surface area contributed by atoms with Crippen LogP contribution < -0.4 is 14.8 Å². The van der Waals surface area contributed by atoms with Crippen molar-refractivity contribution >= 4 is 5.97 Å². The molecule has 0 aromatic heterocycles. The third kappa shape index (κ3) is 4.44. The maximum absolute atomic E-state index is 11.6. The number of carbonyl (C=O) groups excluding carboxylic acids is 1. The van der Waals surface area contributed by atoms with Crippen molar-refractivity contribution in [2.24, 2.45) is 0 Å². The Bertz CT molecular complexity index is 420. The van der Waals surface area contributed by atoms with E-state index in [-0.39, 0.29) is 5.97 Å². The Morgan fingerprint density at radius 3 is 2.68 bits per heavy atom. The molecule has 0 radical (unpaired) electrons. The van der Waals surface area contributed by atoms with Crippen LogP contribution in [0.4, 0.5) is 0 Å². The molecule has 5 nitrogen and oxygen atoms in total. The van der Waals surface area contributed by atoms with Gasteiger partial charge in [0.1, 0.15) is 0 Å². The second-order valence-electron chi connectivity index (χ2n) is 4.03. The molecule has 0 aliphatic carbocycles. The Kier molecular flexibility index (Phi) is 6.15. The summed E-state index contributed by atoms with van der Waals surface area (Å²) < 4.78 is 15.7. The Morgan fingerprint density at radius 1 is 1.37 bits per heavy atom. The highest BCUT2D eigenvalue weighted by molar-refractivity contribution is 5.74. The first-order valence-electron chi connectivity index (χ1n) is 6.27. The molecular weight excluding hydrogens is 246 g/mol. The van der Waals surface area contributed by atoms with E-state index in [0.29, 0.717) is 24.7 Å². The Balaban J connectivity index is 2.84. The van der Waals surface area contributed by atoms with Crippen molar-refractivity contribution in [3.05, 3.63) is 23.8 Å². The molecule has 1 atom stereocenters. The third-order valence-corrected chi connectivity index (χ3v) is 2.53. The zero-order valence-corrected chi connectivity index (χ0v) is 11.9. The number of esters is 1. The molecule has 1 N–H and O–H groups in total. The first-order chi connectivity index (χ1) is 9.12. The first kappa shape index (κ1) is 15.3. The Hall–Kier alpha value is -1.75. The van der Waals surface area contributed by atoms with Crippen LogP contribution in [-0.2, 0) is 16.1 Å². The molecule has 0 heterocycles. The molecule has 0 saturated carbocycles. The standard InChI is InChI=1S/C14H21NO4/c1-5-18-14(16)10(2)19-13-8-11(9-15-3)6-7-12(13)17-4/h6-8,10,15H,5,9H2,1-4H3. The molecule has 0 fully saturated rings. The fraction of sp³-hybridized carbons (Fsp3) is 0.500. The fourth-order valence-electron chi connectivity index (χ4n) is 1.63. The molecule has 0 bridgehead atoms. The summed E-state index contributed by atoms with van der Waals surface area (Å²) >= 11 is 0. The fourth-order valence-corrected chi connectivity index (χ4v) is 1.63. The van der Waals surface area contributed by atoms with Gasteiger partial charge in [0.15, 0.2) is 17.6 Å². The average molecular weight is 267 g/mol. The van der Waals surface area contributed by atoms with Gasteiger partial charge in [0.25, 0.3) is 0 Å². The van der Waals surface area contributed by atoms with Crippen molar-refractivity contribution < 1.29 is 19.0 Å². The van der Waals surface area contributed by atoms with E-state index in [1.807, 2.05) is 25.2 Å². The lowest BCUT2D eigenvalue weighted by atomic mass is 10.2. The quantitative estimate of drug-likeness (QED) is 0.763. The minimum Gasteiger partial charge on any atom is -0.493 e. The van der Waals surface area contributed by atoms with Crippen LogP contribution in [0.25, 0.3) is 0 Å². The van der Waals surface area contributed by atoms with Gasteiger partial charge in [-0.2, -0.15) is 0 Å². The van der Waals surface area contributed by atoms with Crippen LogP contribution in [0.2, 0.25) is 0 Å². The first-order valence-corrected chi connectivity index (χ1v) is 6.27. The molecule has 0 saturated heterocycles. The summed E-state index contributed by atoms with van der Waals surface area (Å²) in [4.78, 5) is 11.6. The van der Waals surface area contributed by atoms with E-state index in [4.69, 9.17) is 14.2 Å². The second-order valence-corrected chi connectivity index (χ2v) is 4.03. The van der Waals surface area contributed by atoms with Crippen LogP contribution in [-0.4, -0.2) is 32.8 Å². The van der Waals surface area contributed by atoms with E-state index >= 15 is 0 Å². The monoisotopic (exact) mass is 267 g/mol. The van der Waals surface area contributed by atoms with Crippen LogP contribution in [0.5, 0.6) is 11.5 Å². The van der Waals surface area contributed by atoms with Crippen molar-refractivity contribution in [1.82, 2.24) is 5.32 Å². The minimum atomic E-state index is -0.668. The molecular formula is C14H21NO4. The molecule has 0 amide bonds. The van der Waals surface area contributed by atoms with E-state index < -0.39 is 6.10 Å². The summed E-state index contributed by atoms with van der Waals surface area (Å²) in [6, 6.07) is 5.61. The maximum atomic E-state index is 11.6. The summed E-state index contributed by atoms with van der Waals surface area (Å²) in [7, 11) is 3.43. The number of nitrogens with one attached hydrogen (secondary N) is 1. The molecule has 0 aliphatic heterocycles. The predicted octanol–water partition coefficient (Wildman–Crippen LogP) is 1.74.